The van der Waals surface area contributed by atoms with Gasteiger partial charge in [0.25, 0.3) is 11.8 Å². The molecule has 1 aliphatic heterocycles. The monoisotopic (exact) mass is 394 g/mol. The number of carbonyl (C=O) groups excluding carboxylic acids is 2. The smallest absolute Gasteiger partial charge is 0.387 e. The summed E-state index contributed by atoms with van der Waals surface area (Å²) in [7, 11) is 0. The van der Waals surface area contributed by atoms with E-state index in [1.807, 2.05) is 6.92 Å². The lowest BCUT2D eigenvalue weighted by Gasteiger charge is -2.27. The molecule has 10 heteroatoms. The van der Waals surface area contributed by atoms with Crippen molar-refractivity contribution in [3.8, 4) is 5.75 Å². The van der Waals surface area contributed by atoms with Crippen molar-refractivity contribution in [3.05, 3.63) is 41.7 Å². The molecule has 0 bridgehead atoms. The Labute approximate surface area is 160 Å². The summed E-state index contributed by atoms with van der Waals surface area (Å²) in [5.41, 5.74) is 0.633. The van der Waals surface area contributed by atoms with Gasteiger partial charge in [0.2, 0.25) is 0 Å². The molecule has 2 heterocycles. The van der Waals surface area contributed by atoms with E-state index in [1.165, 1.54) is 35.1 Å². The van der Waals surface area contributed by atoms with Crippen molar-refractivity contribution in [2.75, 3.05) is 31.6 Å². The van der Waals surface area contributed by atoms with E-state index in [0.29, 0.717) is 32.8 Å². The Morgan fingerprint density at radius 3 is 2.75 bits per heavy atom. The molecule has 0 radical (unpaired) electrons. The molecule has 1 N–H and O–H groups in total. The van der Waals surface area contributed by atoms with Gasteiger partial charge in [0, 0.05) is 25.2 Å². The summed E-state index contributed by atoms with van der Waals surface area (Å²) in [6, 6.07) is 5.42. The molecule has 0 unspecified atom stereocenters. The summed E-state index contributed by atoms with van der Waals surface area (Å²) in [6.45, 7) is 1.09. The van der Waals surface area contributed by atoms with Crippen LogP contribution in [0.4, 0.5) is 14.5 Å². The highest BCUT2D eigenvalue weighted by atomic mass is 19.3. The van der Waals surface area contributed by atoms with Crippen LogP contribution in [0.2, 0.25) is 0 Å². The molecule has 0 saturated carbocycles. The average Bonchev–Trinajstić information content (AvgIpc) is 3.10. The van der Waals surface area contributed by atoms with Crippen LogP contribution in [0.15, 0.2) is 30.5 Å². The second-order valence-electron chi connectivity index (χ2n) is 5.99. The summed E-state index contributed by atoms with van der Waals surface area (Å²) < 4.78 is 35.8. The van der Waals surface area contributed by atoms with E-state index in [1.54, 1.807) is 4.90 Å². The lowest BCUT2D eigenvalue weighted by Crippen LogP contribution is -2.41. The lowest BCUT2D eigenvalue weighted by atomic mass is 10.2. The van der Waals surface area contributed by atoms with Crippen LogP contribution in [-0.2, 0) is 11.3 Å². The van der Waals surface area contributed by atoms with Gasteiger partial charge >= 0.3 is 6.61 Å². The molecule has 0 atom stereocenters. The van der Waals surface area contributed by atoms with E-state index in [2.05, 4.69) is 15.2 Å². The number of nitrogens with one attached hydrogen (secondary N) is 1. The highest BCUT2D eigenvalue weighted by Crippen LogP contribution is 2.21. The van der Waals surface area contributed by atoms with Gasteiger partial charge < -0.3 is 19.7 Å². The first-order valence-electron chi connectivity index (χ1n) is 8.78. The van der Waals surface area contributed by atoms with Gasteiger partial charge in [-0.3, -0.25) is 14.3 Å². The molecule has 8 nitrogen and oxygen atoms in total. The number of rotatable bonds is 6. The first-order chi connectivity index (χ1) is 13.5. The molecule has 1 aromatic carbocycles. The van der Waals surface area contributed by atoms with Crippen LogP contribution in [0, 0.1) is 0 Å². The summed E-state index contributed by atoms with van der Waals surface area (Å²) in [5, 5.41) is 6.79. The molecular weight excluding hydrogens is 374 g/mol. The molecule has 2 aromatic rings. The van der Waals surface area contributed by atoms with Crippen molar-refractivity contribution >= 4 is 17.5 Å². The van der Waals surface area contributed by atoms with Crippen LogP contribution < -0.4 is 10.1 Å². The minimum atomic E-state index is -2.99. The van der Waals surface area contributed by atoms with E-state index >= 15 is 0 Å². The third-order valence-electron chi connectivity index (χ3n) is 4.21. The van der Waals surface area contributed by atoms with Crippen LogP contribution >= 0.6 is 0 Å². The number of aryl methyl sites for hydroxylation is 1. The average molecular weight is 394 g/mol. The lowest BCUT2D eigenvalue weighted by molar-refractivity contribution is -0.0498. The quantitative estimate of drug-likeness (QED) is 0.812. The first-order valence-corrected chi connectivity index (χ1v) is 8.78. The molecule has 150 valence electrons. The van der Waals surface area contributed by atoms with Gasteiger partial charge in [-0.1, -0.05) is 6.07 Å². The van der Waals surface area contributed by atoms with Crippen LogP contribution in [0.1, 0.15) is 27.8 Å². The SMILES string of the molecule is CCn1ncc(NC(=O)c2cccc(OC(F)F)c2)c1C(=O)N1CCOCC1. The molecule has 28 heavy (non-hydrogen) atoms. The fraction of sp³-hybridized carbons (Fsp3) is 0.389. The van der Waals surface area contributed by atoms with E-state index in [0.717, 1.165) is 0 Å². The standard InChI is InChI=1S/C18H20F2N4O4/c1-2-24-15(17(26)23-6-8-27-9-7-23)14(11-21-24)22-16(25)12-4-3-5-13(10-12)28-18(19)20/h3-5,10-11,18H,2,6-9H2,1H3,(H,22,25). The summed E-state index contributed by atoms with van der Waals surface area (Å²) in [6.07, 6.45) is 1.40. The van der Waals surface area contributed by atoms with Crippen LogP contribution in [0.3, 0.4) is 0 Å². The topological polar surface area (TPSA) is 85.7 Å². The Morgan fingerprint density at radius 2 is 2.07 bits per heavy atom. The number of benzene rings is 1. The zero-order valence-electron chi connectivity index (χ0n) is 15.2. The van der Waals surface area contributed by atoms with E-state index < -0.39 is 12.5 Å². The number of ether oxygens (including phenoxy) is 2. The Bertz CT molecular complexity index is 850. The number of anilines is 1. The number of morpholine rings is 1. The highest BCUT2D eigenvalue weighted by molar-refractivity contribution is 6.08. The van der Waals surface area contributed by atoms with Gasteiger partial charge in [0.1, 0.15) is 11.4 Å². The number of halogens is 2. The van der Waals surface area contributed by atoms with E-state index in [-0.39, 0.29) is 28.6 Å². The molecule has 0 aliphatic carbocycles. The zero-order valence-corrected chi connectivity index (χ0v) is 15.2. The number of hydrogen-bond donors (Lipinski definition) is 1. The van der Waals surface area contributed by atoms with Crippen molar-refractivity contribution in [1.82, 2.24) is 14.7 Å². The number of amides is 2. The van der Waals surface area contributed by atoms with Gasteiger partial charge in [-0.2, -0.15) is 13.9 Å². The van der Waals surface area contributed by atoms with Crippen LogP contribution in [0.25, 0.3) is 0 Å². The molecule has 2 amide bonds. The molecule has 1 aromatic heterocycles. The second kappa shape index (κ2) is 8.79. The Balaban J connectivity index is 1.81. The van der Waals surface area contributed by atoms with Gasteiger partial charge in [-0.05, 0) is 25.1 Å². The Kier molecular flexibility index (Phi) is 6.19. The molecular formula is C18H20F2N4O4. The van der Waals surface area contributed by atoms with Crippen molar-refractivity contribution in [2.45, 2.75) is 20.1 Å². The number of alkyl halides is 2. The molecule has 0 spiro atoms. The Hall–Kier alpha value is -3.01. The van der Waals surface area contributed by atoms with E-state index in [9.17, 15) is 18.4 Å². The number of aromatic nitrogens is 2. The summed E-state index contributed by atoms with van der Waals surface area (Å²) >= 11 is 0. The molecule has 1 fully saturated rings. The third-order valence-corrected chi connectivity index (χ3v) is 4.21. The van der Waals surface area contributed by atoms with Crippen molar-refractivity contribution < 1.29 is 27.8 Å². The van der Waals surface area contributed by atoms with Gasteiger partial charge in [-0.15, -0.1) is 0 Å². The number of nitrogens with zero attached hydrogens (tertiary/aromatic N) is 3. The molecule has 1 aliphatic rings. The maximum absolute atomic E-state index is 12.9. The normalized spacial score (nSPS) is 14.2. The minimum absolute atomic E-state index is 0.118. The summed E-state index contributed by atoms with van der Waals surface area (Å²) in [4.78, 5) is 27.1. The number of hydrogen-bond acceptors (Lipinski definition) is 5. The maximum Gasteiger partial charge on any atom is 0.387 e. The fourth-order valence-corrected chi connectivity index (χ4v) is 2.87. The van der Waals surface area contributed by atoms with Crippen LogP contribution in [-0.4, -0.2) is 59.4 Å². The van der Waals surface area contributed by atoms with Crippen molar-refractivity contribution in [2.24, 2.45) is 0 Å². The third kappa shape index (κ3) is 4.45. The van der Waals surface area contributed by atoms with Crippen molar-refractivity contribution in [1.29, 1.82) is 0 Å². The van der Waals surface area contributed by atoms with E-state index in [4.69, 9.17) is 4.74 Å². The minimum Gasteiger partial charge on any atom is -0.435 e. The largest absolute Gasteiger partial charge is 0.435 e. The first kappa shape index (κ1) is 19.7. The Morgan fingerprint density at radius 1 is 1.32 bits per heavy atom. The predicted molar refractivity (Wildman–Crippen MR) is 95.7 cm³/mol. The van der Waals surface area contributed by atoms with Gasteiger partial charge in [0.15, 0.2) is 0 Å². The van der Waals surface area contributed by atoms with Gasteiger partial charge in [0.05, 0.1) is 25.1 Å². The van der Waals surface area contributed by atoms with Gasteiger partial charge in [-0.25, -0.2) is 0 Å². The zero-order chi connectivity index (χ0) is 20.1. The van der Waals surface area contributed by atoms with Crippen LogP contribution in [0.5, 0.6) is 5.75 Å². The molecule has 1 saturated heterocycles. The van der Waals surface area contributed by atoms with Crippen molar-refractivity contribution in [3.63, 3.8) is 0 Å². The summed E-state index contributed by atoms with van der Waals surface area (Å²) in [5.74, 6) is -0.948. The molecule has 3 rings (SSSR count). The fourth-order valence-electron chi connectivity index (χ4n) is 2.87. The second-order valence-corrected chi connectivity index (χ2v) is 5.99. The highest BCUT2D eigenvalue weighted by Gasteiger charge is 2.26. The predicted octanol–water partition coefficient (Wildman–Crippen LogP) is 2.23. The maximum atomic E-state index is 12.9. The number of carbonyl (C=O) groups is 2.